The lowest BCUT2D eigenvalue weighted by Gasteiger charge is -2.07. The second-order valence-electron chi connectivity index (χ2n) is 3.41. The summed E-state index contributed by atoms with van der Waals surface area (Å²) in [5, 5.41) is 19.4. The monoisotopic (exact) mass is 255 g/mol. The highest BCUT2D eigenvalue weighted by atomic mass is 32.1. The third-order valence-electron chi connectivity index (χ3n) is 2.09. The molecule has 0 spiro atoms. The van der Waals surface area contributed by atoms with Gasteiger partial charge in [-0.1, -0.05) is 22.7 Å². The van der Waals surface area contributed by atoms with E-state index in [1.54, 1.807) is 11.3 Å². The first-order valence-electron chi connectivity index (χ1n) is 5.15. The molecule has 1 unspecified atom stereocenters. The molecule has 0 amide bonds. The van der Waals surface area contributed by atoms with Gasteiger partial charge in [0, 0.05) is 5.38 Å². The van der Waals surface area contributed by atoms with Crippen LogP contribution in [0.2, 0.25) is 0 Å². The highest BCUT2D eigenvalue weighted by molar-refractivity contribution is 7.15. The van der Waals surface area contributed by atoms with Crippen molar-refractivity contribution >= 4 is 22.9 Å². The first-order valence-corrected chi connectivity index (χ1v) is 6.80. The third-order valence-corrected chi connectivity index (χ3v) is 3.72. The van der Waals surface area contributed by atoms with Gasteiger partial charge in [0.25, 0.3) is 0 Å². The maximum atomic E-state index is 4.17. The van der Waals surface area contributed by atoms with E-state index in [1.807, 2.05) is 5.38 Å². The third kappa shape index (κ3) is 2.60. The summed E-state index contributed by atoms with van der Waals surface area (Å²) in [4.78, 5) is 0. The van der Waals surface area contributed by atoms with Gasteiger partial charge in [-0.25, -0.2) is 0 Å². The van der Waals surface area contributed by atoms with Crippen molar-refractivity contribution in [3.05, 3.63) is 10.4 Å². The highest BCUT2D eigenvalue weighted by Crippen LogP contribution is 2.25. The van der Waals surface area contributed by atoms with Gasteiger partial charge < -0.3 is 5.32 Å². The van der Waals surface area contributed by atoms with Crippen molar-refractivity contribution in [1.82, 2.24) is 25.1 Å². The highest BCUT2D eigenvalue weighted by Gasteiger charge is 2.13. The van der Waals surface area contributed by atoms with Crippen LogP contribution in [-0.2, 0) is 0 Å². The summed E-state index contributed by atoms with van der Waals surface area (Å²) in [5.74, 6) is 0. The molecule has 0 saturated heterocycles. The van der Waals surface area contributed by atoms with Crippen LogP contribution in [0.5, 0.6) is 0 Å². The molecule has 1 N–H and O–H groups in total. The number of hydrogen-bond acceptors (Lipinski definition) is 7. The summed E-state index contributed by atoms with van der Waals surface area (Å²) >= 11 is 2.90. The second kappa shape index (κ2) is 5.42. The van der Waals surface area contributed by atoms with Crippen molar-refractivity contribution in [3.63, 3.8) is 0 Å². The zero-order valence-electron chi connectivity index (χ0n) is 9.17. The van der Waals surface area contributed by atoms with Gasteiger partial charge >= 0.3 is 0 Å². The van der Waals surface area contributed by atoms with E-state index in [0.717, 1.165) is 28.7 Å². The molecule has 1 atom stereocenters. The SMILES string of the molecule is CCCNC(C)c1nnc(-c2csnn2)s1. The van der Waals surface area contributed by atoms with E-state index < -0.39 is 0 Å². The Morgan fingerprint density at radius 1 is 1.38 bits per heavy atom. The molecular formula is C9H13N5S2. The Bertz CT molecular complexity index is 425. The molecule has 2 rings (SSSR count). The summed E-state index contributed by atoms with van der Waals surface area (Å²) in [6.45, 7) is 5.24. The van der Waals surface area contributed by atoms with Gasteiger partial charge in [-0.3, -0.25) is 0 Å². The zero-order chi connectivity index (χ0) is 11.4. The molecule has 0 aliphatic rings. The normalized spacial score (nSPS) is 12.9. The molecule has 0 aliphatic carbocycles. The molecular weight excluding hydrogens is 242 g/mol. The molecule has 7 heteroatoms. The Labute approximate surface area is 102 Å². The minimum Gasteiger partial charge on any atom is -0.308 e. The Kier molecular flexibility index (Phi) is 3.92. The maximum absolute atomic E-state index is 4.17. The summed E-state index contributed by atoms with van der Waals surface area (Å²) in [6, 6.07) is 0.248. The van der Waals surface area contributed by atoms with E-state index in [1.165, 1.54) is 11.5 Å². The fraction of sp³-hybridized carbons (Fsp3) is 0.556. The summed E-state index contributed by atoms with van der Waals surface area (Å²) in [7, 11) is 0. The first-order chi connectivity index (χ1) is 7.81. The number of nitrogens with one attached hydrogen (secondary N) is 1. The molecule has 0 saturated carbocycles. The fourth-order valence-electron chi connectivity index (χ4n) is 1.22. The smallest absolute Gasteiger partial charge is 0.169 e. The first kappa shape index (κ1) is 11.6. The van der Waals surface area contributed by atoms with Crippen LogP contribution in [0.4, 0.5) is 0 Å². The second-order valence-corrected chi connectivity index (χ2v) is 5.03. The van der Waals surface area contributed by atoms with E-state index >= 15 is 0 Å². The van der Waals surface area contributed by atoms with Crippen molar-refractivity contribution in [1.29, 1.82) is 0 Å². The Morgan fingerprint density at radius 3 is 2.94 bits per heavy atom. The largest absolute Gasteiger partial charge is 0.308 e. The fourth-order valence-corrected chi connectivity index (χ4v) is 2.56. The van der Waals surface area contributed by atoms with E-state index in [9.17, 15) is 0 Å². The van der Waals surface area contributed by atoms with Gasteiger partial charge in [-0.05, 0) is 31.4 Å². The molecule has 16 heavy (non-hydrogen) atoms. The van der Waals surface area contributed by atoms with Crippen molar-refractivity contribution in [2.24, 2.45) is 0 Å². The quantitative estimate of drug-likeness (QED) is 0.886. The van der Waals surface area contributed by atoms with E-state index in [-0.39, 0.29) is 6.04 Å². The van der Waals surface area contributed by atoms with Gasteiger partial charge in [-0.2, -0.15) is 0 Å². The lowest BCUT2D eigenvalue weighted by molar-refractivity contribution is 0.564. The van der Waals surface area contributed by atoms with Crippen molar-refractivity contribution in [3.8, 4) is 10.7 Å². The van der Waals surface area contributed by atoms with E-state index in [0.29, 0.717) is 0 Å². The molecule has 86 valence electrons. The molecule has 2 heterocycles. The topological polar surface area (TPSA) is 63.6 Å². The van der Waals surface area contributed by atoms with Crippen LogP contribution >= 0.6 is 22.9 Å². The van der Waals surface area contributed by atoms with Crippen molar-refractivity contribution in [2.75, 3.05) is 6.54 Å². The summed E-state index contributed by atoms with van der Waals surface area (Å²) in [6.07, 6.45) is 1.12. The maximum Gasteiger partial charge on any atom is 0.169 e. The Morgan fingerprint density at radius 2 is 2.25 bits per heavy atom. The standard InChI is InChI=1S/C9H13N5S2/c1-3-4-10-6(2)8-12-13-9(16-8)7-5-15-14-11-7/h5-6,10H,3-4H2,1-2H3. The lowest BCUT2D eigenvalue weighted by atomic mass is 10.3. The van der Waals surface area contributed by atoms with Crippen molar-refractivity contribution in [2.45, 2.75) is 26.3 Å². The zero-order valence-corrected chi connectivity index (χ0v) is 10.8. The molecule has 2 aromatic heterocycles. The van der Waals surface area contributed by atoms with Crippen LogP contribution in [0.1, 0.15) is 31.3 Å². The van der Waals surface area contributed by atoms with Crippen LogP contribution in [0.25, 0.3) is 10.7 Å². The molecule has 0 aromatic carbocycles. The van der Waals surface area contributed by atoms with Gasteiger partial charge in [-0.15, -0.1) is 15.3 Å². The van der Waals surface area contributed by atoms with Gasteiger partial charge in [0.15, 0.2) is 5.01 Å². The van der Waals surface area contributed by atoms with Crippen LogP contribution in [0.3, 0.4) is 0 Å². The van der Waals surface area contributed by atoms with Gasteiger partial charge in [0.2, 0.25) is 0 Å². The molecule has 0 fully saturated rings. The van der Waals surface area contributed by atoms with Gasteiger partial charge in [0.1, 0.15) is 10.7 Å². The van der Waals surface area contributed by atoms with Gasteiger partial charge in [0.05, 0.1) is 6.04 Å². The molecule has 5 nitrogen and oxygen atoms in total. The average molecular weight is 255 g/mol. The summed E-state index contributed by atoms with van der Waals surface area (Å²) < 4.78 is 3.82. The van der Waals surface area contributed by atoms with E-state index in [2.05, 4.69) is 38.9 Å². The van der Waals surface area contributed by atoms with Crippen LogP contribution in [-0.4, -0.2) is 26.3 Å². The Balaban J connectivity index is 2.07. The molecule has 2 aromatic rings. The minimum atomic E-state index is 0.248. The van der Waals surface area contributed by atoms with Crippen LogP contribution in [0.15, 0.2) is 5.38 Å². The van der Waals surface area contributed by atoms with Crippen LogP contribution in [0, 0.1) is 0 Å². The number of rotatable bonds is 5. The van der Waals surface area contributed by atoms with Crippen molar-refractivity contribution < 1.29 is 0 Å². The summed E-state index contributed by atoms with van der Waals surface area (Å²) in [5.41, 5.74) is 0.816. The minimum absolute atomic E-state index is 0.248. The van der Waals surface area contributed by atoms with E-state index in [4.69, 9.17) is 0 Å². The number of aromatic nitrogens is 4. The predicted molar refractivity (Wildman–Crippen MR) is 65.5 cm³/mol. The average Bonchev–Trinajstić information content (AvgIpc) is 2.94. The predicted octanol–water partition coefficient (Wildman–Crippen LogP) is 2.12. The molecule has 0 aliphatic heterocycles. The number of nitrogens with zero attached hydrogens (tertiary/aromatic N) is 4. The molecule has 0 radical (unpaired) electrons. The Hall–Kier alpha value is -0.920. The number of hydrogen-bond donors (Lipinski definition) is 1. The molecule has 0 bridgehead atoms. The lowest BCUT2D eigenvalue weighted by Crippen LogP contribution is -2.18. The van der Waals surface area contributed by atoms with Crippen LogP contribution < -0.4 is 5.32 Å².